The van der Waals surface area contributed by atoms with Crippen molar-refractivity contribution in [2.75, 3.05) is 6.54 Å². The average molecular weight is 220 g/mol. The quantitative estimate of drug-likeness (QED) is 0.789. The SMILES string of the molecule is C=C1NC(=C)C2=C(O1)N(CCCC)C(=O)C2. The zero-order valence-corrected chi connectivity index (χ0v) is 9.51. The summed E-state index contributed by atoms with van der Waals surface area (Å²) in [6.07, 6.45) is 2.39. The average Bonchev–Trinajstić information content (AvgIpc) is 2.53. The minimum absolute atomic E-state index is 0.0797. The standard InChI is InChI=1S/C12H16N2O2/c1-4-5-6-14-11(15)7-10-8(2)13-9(3)16-12(10)14/h13H,2-7H2,1H3. The predicted molar refractivity (Wildman–Crippen MR) is 60.8 cm³/mol. The van der Waals surface area contributed by atoms with E-state index in [0.29, 0.717) is 24.7 Å². The summed E-state index contributed by atoms with van der Waals surface area (Å²) in [4.78, 5) is 13.5. The Bertz CT molecular complexity index is 396. The van der Waals surface area contributed by atoms with Crippen molar-refractivity contribution in [1.29, 1.82) is 0 Å². The van der Waals surface area contributed by atoms with Gasteiger partial charge in [-0.15, -0.1) is 0 Å². The molecule has 0 aromatic rings. The lowest BCUT2D eigenvalue weighted by atomic mass is 10.1. The molecular formula is C12H16N2O2. The second-order valence-corrected chi connectivity index (χ2v) is 3.99. The highest BCUT2D eigenvalue weighted by Gasteiger charge is 2.35. The van der Waals surface area contributed by atoms with Crippen LogP contribution in [0.25, 0.3) is 0 Å². The van der Waals surface area contributed by atoms with Gasteiger partial charge in [-0.1, -0.05) is 19.9 Å². The van der Waals surface area contributed by atoms with Crippen LogP contribution in [0.5, 0.6) is 0 Å². The fourth-order valence-corrected chi connectivity index (χ4v) is 1.88. The van der Waals surface area contributed by atoms with E-state index in [9.17, 15) is 4.79 Å². The summed E-state index contributed by atoms with van der Waals surface area (Å²) in [6.45, 7) is 10.4. The number of hydrogen-bond acceptors (Lipinski definition) is 3. The summed E-state index contributed by atoms with van der Waals surface area (Å²) in [5, 5.41) is 2.90. The molecule has 86 valence electrons. The molecule has 0 radical (unpaired) electrons. The molecule has 0 aliphatic carbocycles. The molecule has 2 heterocycles. The van der Waals surface area contributed by atoms with E-state index in [4.69, 9.17) is 4.74 Å². The number of carbonyl (C=O) groups is 1. The summed E-state index contributed by atoms with van der Waals surface area (Å²) in [6, 6.07) is 0. The molecule has 4 heteroatoms. The molecule has 16 heavy (non-hydrogen) atoms. The molecule has 2 aliphatic rings. The first-order valence-electron chi connectivity index (χ1n) is 5.50. The van der Waals surface area contributed by atoms with Gasteiger partial charge in [-0.05, 0) is 13.0 Å². The second-order valence-electron chi connectivity index (χ2n) is 3.99. The van der Waals surface area contributed by atoms with Gasteiger partial charge in [0.2, 0.25) is 11.8 Å². The number of ether oxygens (including phenoxy) is 1. The first-order valence-corrected chi connectivity index (χ1v) is 5.50. The lowest BCUT2D eigenvalue weighted by Gasteiger charge is -2.25. The van der Waals surface area contributed by atoms with Crippen molar-refractivity contribution >= 4 is 5.91 Å². The van der Waals surface area contributed by atoms with Gasteiger partial charge in [-0.3, -0.25) is 9.69 Å². The number of unbranched alkanes of at least 4 members (excludes halogenated alkanes) is 1. The highest BCUT2D eigenvalue weighted by atomic mass is 16.5. The lowest BCUT2D eigenvalue weighted by Crippen LogP contribution is -2.30. The van der Waals surface area contributed by atoms with E-state index in [2.05, 4.69) is 25.4 Å². The zero-order chi connectivity index (χ0) is 11.7. The summed E-state index contributed by atoms with van der Waals surface area (Å²) in [5.74, 6) is 1.13. The summed E-state index contributed by atoms with van der Waals surface area (Å²) >= 11 is 0. The molecule has 0 aromatic heterocycles. The Labute approximate surface area is 95.3 Å². The van der Waals surface area contributed by atoms with Crippen molar-refractivity contribution in [3.05, 3.63) is 36.2 Å². The topological polar surface area (TPSA) is 41.6 Å². The number of carbonyl (C=O) groups excluding carboxylic acids is 1. The van der Waals surface area contributed by atoms with E-state index in [1.54, 1.807) is 4.90 Å². The molecule has 4 nitrogen and oxygen atoms in total. The van der Waals surface area contributed by atoms with Crippen molar-refractivity contribution in [2.45, 2.75) is 26.2 Å². The number of rotatable bonds is 3. The Morgan fingerprint density at radius 2 is 2.25 bits per heavy atom. The van der Waals surface area contributed by atoms with Gasteiger partial charge in [0.25, 0.3) is 0 Å². The van der Waals surface area contributed by atoms with Crippen molar-refractivity contribution in [3.63, 3.8) is 0 Å². The van der Waals surface area contributed by atoms with Gasteiger partial charge < -0.3 is 10.1 Å². The third-order valence-corrected chi connectivity index (χ3v) is 2.74. The molecule has 2 rings (SSSR count). The van der Waals surface area contributed by atoms with E-state index in [0.717, 1.165) is 24.1 Å². The van der Waals surface area contributed by atoms with Crippen LogP contribution >= 0.6 is 0 Å². The van der Waals surface area contributed by atoms with Gasteiger partial charge in [0, 0.05) is 17.8 Å². The van der Waals surface area contributed by atoms with E-state index in [1.807, 2.05) is 0 Å². The van der Waals surface area contributed by atoms with Crippen molar-refractivity contribution in [1.82, 2.24) is 10.2 Å². The molecule has 0 unspecified atom stereocenters. The van der Waals surface area contributed by atoms with Crippen LogP contribution in [0, 0.1) is 0 Å². The van der Waals surface area contributed by atoms with Crippen molar-refractivity contribution < 1.29 is 9.53 Å². The Kier molecular flexibility index (Phi) is 2.73. The van der Waals surface area contributed by atoms with Gasteiger partial charge in [0.15, 0.2) is 5.88 Å². The van der Waals surface area contributed by atoms with E-state index < -0.39 is 0 Å². The third kappa shape index (κ3) is 1.71. The van der Waals surface area contributed by atoms with Gasteiger partial charge in [-0.25, -0.2) is 0 Å². The molecular weight excluding hydrogens is 204 g/mol. The molecule has 0 bridgehead atoms. The Morgan fingerprint density at radius 1 is 1.50 bits per heavy atom. The number of amides is 1. The molecule has 0 saturated carbocycles. The number of allylic oxidation sites excluding steroid dienone is 1. The monoisotopic (exact) mass is 220 g/mol. The number of nitrogens with one attached hydrogen (secondary N) is 1. The summed E-state index contributed by atoms with van der Waals surface area (Å²) in [5.41, 5.74) is 1.58. The molecule has 0 aromatic carbocycles. The highest BCUT2D eigenvalue weighted by Crippen LogP contribution is 2.33. The number of hydrogen-bond donors (Lipinski definition) is 1. The van der Waals surface area contributed by atoms with Crippen LogP contribution in [0.1, 0.15) is 26.2 Å². The van der Waals surface area contributed by atoms with Gasteiger partial charge >= 0.3 is 0 Å². The first-order chi connectivity index (χ1) is 7.63. The Morgan fingerprint density at radius 3 is 2.94 bits per heavy atom. The maximum absolute atomic E-state index is 11.8. The zero-order valence-electron chi connectivity index (χ0n) is 9.51. The minimum atomic E-state index is 0.0797. The molecule has 2 aliphatic heterocycles. The second kappa shape index (κ2) is 4.04. The predicted octanol–water partition coefficient (Wildman–Crippen LogP) is 1.84. The van der Waals surface area contributed by atoms with Crippen LogP contribution in [0.4, 0.5) is 0 Å². The molecule has 1 N–H and O–H groups in total. The van der Waals surface area contributed by atoms with Crippen LogP contribution in [0.3, 0.4) is 0 Å². The molecule has 0 spiro atoms. The number of nitrogens with zero attached hydrogens (tertiary/aromatic N) is 1. The smallest absolute Gasteiger partial charge is 0.234 e. The maximum atomic E-state index is 11.8. The van der Waals surface area contributed by atoms with Gasteiger partial charge in [-0.2, -0.15) is 0 Å². The van der Waals surface area contributed by atoms with Crippen molar-refractivity contribution in [3.8, 4) is 0 Å². The normalized spacial score (nSPS) is 19.8. The fourth-order valence-electron chi connectivity index (χ4n) is 1.88. The van der Waals surface area contributed by atoms with Crippen LogP contribution in [-0.4, -0.2) is 17.4 Å². The Balaban J connectivity index is 2.23. The van der Waals surface area contributed by atoms with Crippen molar-refractivity contribution in [2.24, 2.45) is 0 Å². The lowest BCUT2D eigenvalue weighted by molar-refractivity contribution is -0.128. The molecule has 0 saturated heterocycles. The first kappa shape index (κ1) is 10.8. The van der Waals surface area contributed by atoms with Crippen LogP contribution in [0.15, 0.2) is 36.2 Å². The van der Waals surface area contributed by atoms with E-state index in [-0.39, 0.29) is 5.91 Å². The molecule has 0 fully saturated rings. The summed E-state index contributed by atoms with van der Waals surface area (Å²) in [7, 11) is 0. The van der Waals surface area contributed by atoms with E-state index in [1.165, 1.54) is 0 Å². The summed E-state index contributed by atoms with van der Waals surface area (Å²) < 4.78 is 5.48. The van der Waals surface area contributed by atoms with Crippen LogP contribution in [0.2, 0.25) is 0 Å². The van der Waals surface area contributed by atoms with Crippen LogP contribution < -0.4 is 5.32 Å². The van der Waals surface area contributed by atoms with Crippen LogP contribution in [-0.2, 0) is 9.53 Å². The highest BCUT2D eigenvalue weighted by molar-refractivity contribution is 5.85. The van der Waals surface area contributed by atoms with Gasteiger partial charge in [0.1, 0.15) is 0 Å². The minimum Gasteiger partial charge on any atom is -0.425 e. The largest absolute Gasteiger partial charge is 0.425 e. The van der Waals surface area contributed by atoms with Gasteiger partial charge in [0.05, 0.1) is 6.42 Å². The fraction of sp³-hybridized carbons (Fsp3) is 0.417. The molecule has 1 amide bonds. The van der Waals surface area contributed by atoms with E-state index >= 15 is 0 Å². The third-order valence-electron chi connectivity index (χ3n) is 2.74. The Hall–Kier alpha value is -1.71. The molecule has 0 atom stereocenters. The maximum Gasteiger partial charge on any atom is 0.234 e.